The molecule has 0 fully saturated rings. The molecule has 1 N–H and O–H groups in total. The van der Waals surface area contributed by atoms with Gasteiger partial charge in [0.25, 0.3) is 5.91 Å². The molecule has 1 aromatic carbocycles. The van der Waals surface area contributed by atoms with Crippen LogP contribution in [-0.2, 0) is 0 Å². The number of carbonyl (C=O) groups is 1. The first-order valence-corrected chi connectivity index (χ1v) is 6.91. The molecule has 0 aromatic heterocycles. The Bertz CT molecular complexity index is 453. The van der Waals surface area contributed by atoms with E-state index in [0.29, 0.717) is 12.1 Å². The van der Waals surface area contributed by atoms with Crippen LogP contribution in [0.2, 0.25) is 0 Å². The summed E-state index contributed by atoms with van der Waals surface area (Å²) < 4.78 is 0. The van der Waals surface area contributed by atoms with Crippen LogP contribution in [-0.4, -0.2) is 52.1 Å². The molecule has 0 aliphatic rings. The third kappa shape index (κ3) is 5.21. The molecule has 0 spiro atoms. The molecule has 1 rings (SSSR count). The molecule has 0 unspecified atom stereocenters. The van der Waals surface area contributed by atoms with Gasteiger partial charge in [-0.05, 0) is 37.7 Å². The highest BCUT2D eigenvalue weighted by Gasteiger charge is 2.20. The van der Waals surface area contributed by atoms with Gasteiger partial charge in [-0.25, -0.2) is 0 Å². The molecule has 4 heteroatoms. The molecule has 0 heterocycles. The highest BCUT2D eigenvalue weighted by atomic mass is 16.1. The summed E-state index contributed by atoms with van der Waals surface area (Å²) in [5, 5.41) is 3.03. The van der Waals surface area contributed by atoms with Crippen molar-refractivity contribution in [1.82, 2.24) is 10.2 Å². The van der Waals surface area contributed by atoms with E-state index < -0.39 is 0 Å². The van der Waals surface area contributed by atoms with Crippen LogP contribution in [0.3, 0.4) is 0 Å². The summed E-state index contributed by atoms with van der Waals surface area (Å²) in [5.41, 5.74) is 1.79. The number of anilines is 1. The first-order valence-electron chi connectivity index (χ1n) is 6.91. The standard InChI is InChI=1S/C16H27N3O/c1-16(2,12-18(3)4)11-17-15(20)13-8-7-9-14(10-13)19(5)6/h7-10H,11-12H2,1-6H3,(H,17,20). The van der Waals surface area contributed by atoms with Crippen LogP contribution in [0, 0.1) is 5.41 Å². The predicted molar refractivity (Wildman–Crippen MR) is 85.4 cm³/mol. The molecule has 20 heavy (non-hydrogen) atoms. The number of nitrogens with one attached hydrogen (secondary N) is 1. The van der Waals surface area contributed by atoms with E-state index in [4.69, 9.17) is 0 Å². The van der Waals surface area contributed by atoms with E-state index in [-0.39, 0.29) is 11.3 Å². The molecular weight excluding hydrogens is 250 g/mol. The van der Waals surface area contributed by atoms with E-state index in [1.54, 1.807) is 0 Å². The molecule has 0 bridgehead atoms. The van der Waals surface area contributed by atoms with Crippen LogP contribution in [0.25, 0.3) is 0 Å². The largest absolute Gasteiger partial charge is 0.378 e. The van der Waals surface area contributed by atoms with Crippen LogP contribution in [0.1, 0.15) is 24.2 Å². The minimum Gasteiger partial charge on any atom is -0.378 e. The van der Waals surface area contributed by atoms with Crippen molar-refractivity contribution >= 4 is 11.6 Å². The van der Waals surface area contributed by atoms with Gasteiger partial charge in [0.05, 0.1) is 0 Å². The molecule has 1 amide bonds. The molecule has 0 aliphatic carbocycles. The van der Waals surface area contributed by atoms with Crippen LogP contribution >= 0.6 is 0 Å². The van der Waals surface area contributed by atoms with E-state index in [0.717, 1.165) is 12.2 Å². The fraction of sp³-hybridized carbons (Fsp3) is 0.562. The Balaban J connectivity index is 2.65. The fourth-order valence-electron chi connectivity index (χ4n) is 2.26. The van der Waals surface area contributed by atoms with Crippen LogP contribution in [0.5, 0.6) is 0 Å². The van der Waals surface area contributed by atoms with Gasteiger partial charge in [-0.2, -0.15) is 0 Å². The van der Waals surface area contributed by atoms with Gasteiger partial charge in [-0.1, -0.05) is 19.9 Å². The zero-order chi connectivity index (χ0) is 15.3. The van der Waals surface area contributed by atoms with Crippen LogP contribution < -0.4 is 10.2 Å². The number of nitrogens with zero attached hydrogens (tertiary/aromatic N) is 2. The molecule has 112 valence electrons. The summed E-state index contributed by atoms with van der Waals surface area (Å²) in [4.78, 5) is 16.3. The van der Waals surface area contributed by atoms with Crippen LogP contribution in [0.15, 0.2) is 24.3 Å². The normalized spacial score (nSPS) is 11.6. The van der Waals surface area contributed by atoms with E-state index in [2.05, 4.69) is 24.1 Å². The van der Waals surface area contributed by atoms with E-state index in [1.165, 1.54) is 0 Å². The highest BCUT2D eigenvalue weighted by Crippen LogP contribution is 2.16. The van der Waals surface area contributed by atoms with Gasteiger partial charge >= 0.3 is 0 Å². The van der Waals surface area contributed by atoms with Gasteiger partial charge in [0, 0.05) is 38.4 Å². The monoisotopic (exact) mass is 277 g/mol. The SMILES string of the molecule is CN(C)CC(C)(C)CNC(=O)c1cccc(N(C)C)c1. The second-order valence-corrected chi connectivity index (χ2v) is 6.53. The third-order valence-electron chi connectivity index (χ3n) is 3.10. The summed E-state index contributed by atoms with van der Waals surface area (Å²) in [6.45, 7) is 5.91. The number of rotatable bonds is 6. The zero-order valence-corrected chi connectivity index (χ0v) is 13.5. The van der Waals surface area contributed by atoms with Gasteiger partial charge in [0.15, 0.2) is 0 Å². The molecule has 1 aromatic rings. The van der Waals surface area contributed by atoms with Crippen molar-refractivity contribution in [2.75, 3.05) is 46.2 Å². The van der Waals surface area contributed by atoms with Gasteiger partial charge in [0.2, 0.25) is 0 Å². The Hall–Kier alpha value is -1.55. The quantitative estimate of drug-likeness (QED) is 0.864. The number of benzene rings is 1. The average Bonchev–Trinajstić information content (AvgIpc) is 2.34. The Labute approximate surface area is 122 Å². The van der Waals surface area contributed by atoms with Crippen molar-refractivity contribution in [1.29, 1.82) is 0 Å². The smallest absolute Gasteiger partial charge is 0.251 e. The number of hydrogen-bond acceptors (Lipinski definition) is 3. The zero-order valence-electron chi connectivity index (χ0n) is 13.5. The van der Waals surface area contributed by atoms with Gasteiger partial charge in [0.1, 0.15) is 0 Å². The van der Waals surface area contributed by atoms with Gasteiger partial charge in [-0.15, -0.1) is 0 Å². The lowest BCUT2D eigenvalue weighted by Crippen LogP contribution is -2.40. The van der Waals surface area contributed by atoms with Crippen LogP contribution in [0.4, 0.5) is 5.69 Å². The molecular formula is C16H27N3O. The molecule has 0 saturated heterocycles. The minimum atomic E-state index is -0.0134. The third-order valence-corrected chi connectivity index (χ3v) is 3.10. The highest BCUT2D eigenvalue weighted by molar-refractivity contribution is 5.95. The maximum atomic E-state index is 12.2. The minimum absolute atomic E-state index is 0.0134. The molecule has 0 aliphatic heterocycles. The summed E-state index contributed by atoms with van der Waals surface area (Å²) in [7, 11) is 8.03. The summed E-state index contributed by atoms with van der Waals surface area (Å²) in [6, 6.07) is 7.66. The number of hydrogen-bond donors (Lipinski definition) is 1. The summed E-state index contributed by atoms with van der Waals surface area (Å²) in [5.74, 6) is -0.0134. The van der Waals surface area contributed by atoms with E-state index >= 15 is 0 Å². The van der Waals surface area contributed by atoms with Gasteiger partial charge < -0.3 is 15.1 Å². The summed E-state index contributed by atoms with van der Waals surface area (Å²) >= 11 is 0. The maximum Gasteiger partial charge on any atom is 0.251 e. The van der Waals surface area contributed by atoms with Gasteiger partial charge in [-0.3, -0.25) is 4.79 Å². The van der Waals surface area contributed by atoms with Crippen molar-refractivity contribution in [3.63, 3.8) is 0 Å². The first kappa shape index (κ1) is 16.5. The molecule has 0 atom stereocenters. The Morgan fingerprint density at radius 1 is 1.20 bits per heavy atom. The van der Waals surface area contributed by atoms with Crippen molar-refractivity contribution in [3.05, 3.63) is 29.8 Å². The fourth-order valence-corrected chi connectivity index (χ4v) is 2.26. The Morgan fingerprint density at radius 2 is 1.85 bits per heavy atom. The predicted octanol–water partition coefficient (Wildman–Crippen LogP) is 2.07. The number of amides is 1. The Kier molecular flexibility index (Phi) is 5.57. The second-order valence-electron chi connectivity index (χ2n) is 6.53. The van der Waals surface area contributed by atoms with Crippen molar-refractivity contribution in [2.24, 2.45) is 5.41 Å². The van der Waals surface area contributed by atoms with E-state index in [1.807, 2.05) is 57.4 Å². The maximum absolute atomic E-state index is 12.2. The van der Waals surface area contributed by atoms with Crippen molar-refractivity contribution in [2.45, 2.75) is 13.8 Å². The first-order chi connectivity index (χ1) is 9.21. The molecule has 0 radical (unpaired) electrons. The topological polar surface area (TPSA) is 35.6 Å². The average molecular weight is 277 g/mol. The summed E-state index contributed by atoms with van der Waals surface area (Å²) in [6.07, 6.45) is 0. The lowest BCUT2D eigenvalue weighted by molar-refractivity contribution is 0.0929. The second kappa shape index (κ2) is 6.75. The lowest BCUT2D eigenvalue weighted by Gasteiger charge is -2.28. The molecule has 4 nitrogen and oxygen atoms in total. The van der Waals surface area contributed by atoms with Crippen molar-refractivity contribution < 1.29 is 4.79 Å². The lowest BCUT2D eigenvalue weighted by atomic mass is 9.93. The Morgan fingerprint density at radius 3 is 2.40 bits per heavy atom. The van der Waals surface area contributed by atoms with Crippen molar-refractivity contribution in [3.8, 4) is 0 Å². The van der Waals surface area contributed by atoms with E-state index in [9.17, 15) is 4.79 Å². The molecule has 0 saturated carbocycles. The number of carbonyl (C=O) groups excluding carboxylic acids is 1.